The summed E-state index contributed by atoms with van der Waals surface area (Å²) in [6.07, 6.45) is 4.71. The maximum absolute atomic E-state index is 13.9. The quantitative estimate of drug-likeness (QED) is 0.407. The van der Waals surface area contributed by atoms with Gasteiger partial charge in [-0.3, -0.25) is 4.79 Å². The molecule has 4 aliphatic carbocycles. The third kappa shape index (κ3) is 5.50. The van der Waals surface area contributed by atoms with Gasteiger partial charge in [-0.05, 0) is 75.8 Å². The normalized spacial score (nSPS) is 28.3. The predicted molar refractivity (Wildman–Crippen MR) is 136 cm³/mol. The first kappa shape index (κ1) is 27.3. The van der Waals surface area contributed by atoms with Crippen molar-refractivity contribution in [3.8, 4) is 0 Å². The van der Waals surface area contributed by atoms with E-state index in [4.69, 9.17) is 9.72 Å². The largest absolute Gasteiger partial charge is 0.444 e. The molecule has 4 fully saturated rings. The fourth-order valence-electron chi connectivity index (χ4n) is 6.55. The van der Waals surface area contributed by atoms with E-state index in [0.29, 0.717) is 11.3 Å². The number of aromatic nitrogens is 3. The standard InChI is InChI=1S/C28H35F4N5O3/c1-26(2,3)40-25(39)36-24(16-7-18-19(8-16)28(18,31)32)20-13-37-21(34-20)9-17(12-33-37)23(15-4-5-15)35-22(38)6-14-10-27(29,30)11-14/h9,12-16,18-19,23-24H,4-8,10-11H2,1-3H3,(H,35,38)(H,36,39)/t16?,18-,19+,23-,24+/m1/s1. The molecule has 40 heavy (non-hydrogen) atoms. The van der Waals surface area contributed by atoms with E-state index in [0.717, 1.165) is 18.4 Å². The summed E-state index contributed by atoms with van der Waals surface area (Å²) in [4.78, 5) is 30.1. The molecule has 2 aromatic rings. The molecule has 2 amide bonds. The molecule has 12 heteroatoms. The Bertz CT molecular complexity index is 1300. The Morgan fingerprint density at radius 1 is 1.07 bits per heavy atom. The first-order valence-electron chi connectivity index (χ1n) is 14.1. The number of carbonyl (C=O) groups is 2. The van der Waals surface area contributed by atoms with Crippen LogP contribution >= 0.6 is 0 Å². The van der Waals surface area contributed by atoms with Crippen molar-refractivity contribution in [2.24, 2.45) is 29.6 Å². The molecule has 5 atom stereocenters. The van der Waals surface area contributed by atoms with Gasteiger partial charge in [-0.2, -0.15) is 5.10 Å². The summed E-state index contributed by atoms with van der Waals surface area (Å²) in [6.45, 7) is 5.25. The van der Waals surface area contributed by atoms with E-state index in [1.54, 1.807) is 37.7 Å². The Labute approximate surface area is 229 Å². The smallest absolute Gasteiger partial charge is 0.408 e. The lowest BCUT2D eigenvalue weighted by atomic mass is 9.79. The summed E-state index contributed by atoms with van der Waals surface area (Å²) in [5.74, 6) is -7.18. The Kier molecular flexibility index (Phi) is 6.34. The second kappa shape index (κ2) is 9.30. The van der Waals surface area contributed by atoms with Gasteiger partial charge in [0.25, 0.3) is 5.92 Å². The maximum Gasteiger partial charge on any atom is 0.408 e. The number of alkyl carbamates (subject to hydrolysis) is 1. The molecular formula is C28H35F4N5O3. The van der Waals surface area contributed by atoms with E-state index < -0.39 is 41.4 Å². The Balaban J connectivity index is 1.20. The first-order chi connectivity index (χ1) is 18.7. The first-order valence-corrected chi connectivity index (χ1v) is 14.1. The van der Waals surface area contributed by atoms with Crippen molar-refractivity contribution in [1.82, 2.24) is 25.2 Å². The van der Waals surface area contributed by atoms with Gasteiger partial charge in [0.05, 0.1) is 30.2 Å². The van der Waals surface area contributed by atoms with Crippen LogP contribution in [0.5, 0.6) is 0 Å². The van der Waals surface area contributed by atoms with Gasteiger partial charge >= 0.3 is 6.09 Å². The number of hydrogen-bond acceptors (Lipinski definition) is 5. The highest BCUT2D eigenvalue weighted by molar-refractivity contribution is 5.77. The number of nitrogens with one attached hydrogen (secondary N) is 2. The van der Waals surface area contributed by atoms with E-state index in [9.17, 15) is 27.2 Å². The fourth-order valence-corrected chi connectivity index (χ4v) is 6.55. The highest BCUT2D eigenvalue weighted by Gasteiger charge is 2.72. The number of carbonyl (C=O) groups excluding carboxylic acids is 2. The maximum atomic E-state index is 13.9. The summed E-state index contributed by atoms with van der Waals surface area (Å²) in [5, 5.41) is 10.4. The number of alkyl halides is 4. The van der Waals surface area contributed by atoms with Crippen LogP contribution < -0.4 is 10.6 Å². The van der Waals surface area contributed by atoms with E-state index in [1.165, 1.54) is 0 Å². The van der Waals surface area contributed by atoms with Crippen molar-refractivity contribution in [2.75, 3.05) is 0 Å². The molecule has 0 aliphatic heterocycles. The minimum absolute atomic E-state index is 0.0719. The van der Waals surface area contributed by atoms with Crippen LogP contribution in [0.2, 0.25) is 0 Å². The molecule has 0 radical (unpaired) electrons. The number of fused-ring (bicyclic) bond motifs is 2. The van der Waals surface area contributed by atoms with Gasteiger partial charge in [0.15, 0.2) is 5.65 Å². The van der Waals surface area contributed by atoms with Crippen molar-refractivity contribution >= 4 is 17.6 Å². The Morgan fingerprint density at radius 3 is 2.35 bits per heavy atom. The topological polar surface area (TPSA) is 97.6 Å². The van der Waals surface area contributed by atoms with Crippen LogP contribution in [0, 0.1) is 29.6 Å². The van der Waals surface area contributed by atoms with Crippen molar-refractivity contribution in [3.63, 3.8) is 0 Å². The van der Waals surface area contributed by atoms with E-state index >= 15 is 0 Å². The van der Waals surface area contributed by atoms with Gasteiger partial charge in [0.1, 0.15) is 5.60 Å². The highest BCUT2D eigenvalue weighted by atomic mass is 19.3. The van der Waals surface area contributed by atoms with Gasteiger partial charge in [-0.15, -0.1) is 0 Å². The minimum Gasteiger partial charge on any atom is -0.444 e. The number of hydrogen-bond donors (Lipinski definition) is 2. The average Bonchev–Trinajstić information content (AvgIpc) is 3.58. The van der Waals surface area contributed by atoms with E-state index in [1.807, 2.05) is 6.07 Å². The number of rotatable bonds is 8. The lowest BCUT2D eigenvalue weighted by molar-refractivity contribution is -0.134. The predicted octanol–water partition coefficient (Wildman–Crippen LogP) is 5.59. The molecule has 4 aliphatic rings. The molecule has 0 saturated heterocycles. The van der Waals surface area contributed by atoms with Crippen LogP contribution in [0.1, 0.15) is 89.1 Å². The summed E-state index contributed by atoms with van der Waals surface area (Å²) >= 11 is 0. The van der Waals surface area contributed by atoms with Crippen LogP contribution in [0.15, 0.2) is 18.5 Å². The number of amides is 2. The minimum atomic E-state index is -2.66. The molecule has 6 rings (SSSR count). The third-order valence-corrected chi connectivity index (χ3v) is 8.72. The molecule has 218 valence electrons. The Hall–Kier alpha value is -2.92. The second-order valence-electron chi connectivity index (χ2n) is 13.2. The van der Waals surface area contributed by atoms with Crippen LogP contribution in [-0.4, -0.2) is 44.0 Å². The van der Waals surface area contributed by atoms with Crippen LogP contribution in [0.25, 0.3) is 5.65 Å². The summed E-state index contributed by atoms with van der Waals surface area (Å²) in [7, 11) is 0. The van der Waals surface area contributed by atoms with Gasteiger partial charge in [-0.25, -0.2) is 31.9 Å². The van der Waals surface area contributed by atoms with Gasteiger partial charge in [-0.1, -0.05) is 0 Å². The molecule has 0 aromatic carbocycles. The number of nitrogens with zero attached hydrogens (tertiary/aromatic N) is 3. The summed E-state index contributed by atoms with van der Waals surface area (Å²) in [6, 6.07) is 0.899. The molecule has 2 heterocycles. The molecule has 2 aromatic heterocycles. The SMILES string of the molecule is CC(C)(C)OC(=O)N[C@H](c1cn2ncc([C@H](NC(=O)CC3CC(F)(F)C3)C3CC3)cc2n1)C1C[C@@H]2[C@H](C1)C2(F)F. The van der Waals surface area contributed by atoms with E-state index in [-0.39, 0.29) is 61.8 Å². The molecule has 1 unspecified atom stereocenters. The zero-order chi connectivity index (χ0) is 28.6. The van der Waals surface area contributed by atoms with Crippen LogP contribution in [-0.2, 0) is 9.53 Å². The van der Waals surface area contributed by atoms with Crippen LogP contribution in [0.3, 0.4) is 0 Å². The average molecular weight is 566 g/mol. The van der Waals surface area contributed by atoms with Gasteiger partial charge < -0.3 is 15.4 Å². The second-order valence-corrected chi connectivity index (χ2v) is 13.2. The Morgan fingerprint density at radius 2 is 1.75 bits per heavy atom. The van der Waals surface area contributed by atoms with Crippen molar-refractivity contribution in [3.05, 3.63) is 29.7 Å². The molecule has 8 nitrogen and oxygen atoms in total. The van der Waals surface area contributed by atoms with Crippen LogP contribution in [0.4, 0.5) is 22.4 Å². The molecular weight excluding hydrogens is 530 g/mol. The highest BCUT2D eigenvalue weighted by Crippen LogP contribution is 2.67. The zero-order valence-electron chi connectivity index (χ0n) is 22.8. The van der Waals surface area contributed by atoms with Gasteiger partial charge in [0, 0.05) is 31.1 Å². The van der Waals surface area contributed by atoms with Crippen molar-refractivity contribution < 1.29 is 31.9 Å². The molecule has 4 saturated carbocycles. The molecule has 0 spiro atoms. The third-order valence-electron chi connectivity index (χ3n) is 8.72. The lowest BCUT2D eigenvalue weighted by Gasteiger charge is -2.34. The summed E-state index contributed by atoms with van der Waals surface area (Å²) in [5.41, 5.74) is 1.03. The van der Waals surface area contributed by atoms with Crippen molar-refractivity contribution in [2.45, 2.75) is 95.2 Å². The van der Waals surface area contributed by atoms with Crippen molar-refractivity contribution in [1.29, 1.82) is 0 Å². The zero-order valence-corrected chi connectivity index (χ0v) is 22.8. The fraction of sp³-hybridized carbons (Fsp3) is 0.714. The number of imidazole rings is 1. The number of ether oxygens (including phenoxy) is 1. The molecule has 2 N–H and O–H groups in total. The van der Waals surface area contributed by atoms with E-state index in [2.05, 4.69) is 15.7 Å². The van der Waals surface area contributed by atoms with Gasteiger partial charge in [0.2, 0.25) is 11.8 Å². The monoisotopic (exact) mass is 565 g/mol. The number of halogens is 4. The summed E-state index contributed by atoms with van der Waals surface area (Å²) < 4.78 is 61.3. The molecule has 0 bridgehead atoms. The lowest BCUT2D eigenvalue weighted by Crippen LogP contribution is -2.39.